The molecule has 0 saturated heterocycles. The van der Waals surface area contributed by atoms with Crippen LogP contribution in [0.25, 0.3) is 0 Å². The zero-order chi connectivity index (χ0) is 19.6. The van der Waals surface area contributed by atoms with E-state index in [1.54, 1.807) is 0 Å². The summed E-state index contributed by atoms with van der Waals surface area (Å²) < 4.78 is 0. The van der Waals surface area contributed by atoms with E-state index >= 15 is 0 Å². The van der Waals surface area contributed by atoms with Gasteiger partial charge >= 0.3 is 0 Å². The Morgan fingerprint density at radius 2 is 1.15 bits per heavy atom. The van der Waals surface area contributed by atoms with Crippen molar-refractivity contribution in [1.82, 2.24) is 10.6 Å². The highest BCUT2D eigenvalue weighted by Crippen LogP contribution is 2.36. The van der Waals surface area contributed by atoms with E-state index in [-0.39, 0.29) is 35.5 Å². The normalized spacial score (nSPS) is 13.2. The molecule has 0 bridgehead atoms. The van der Waals surface area contributed by atoms with Crippen LogP contribution in [-0.4, -0.2) is 58.8 Å². The lowest BCUT2D eigenvalue weighted by Crippen LogP contribution is -2.35. The Morgan fingerprint density at radius 1 is 0.769 bits per heavy atom. The van der Waals surface area contributed by atoms with Gasteiger partial charge in [0.15, 0.2) is 0 Å². The third-order valence-electron chi connectivity index (χ3n) is 3.72. The first-order chi connectivity index (χ1) is 12.6. The number of nitrogens with one attached hydrogen (secondary N) is 2. The van der Waals surface area contributed by atoms with E-state index in [2.05, 4.69) is 10.6 Å². The minimum absolute atomic E-state index is 0.00497. The number of hydrogen-bond donors (Lipinski definition) is 4. The number of carbonyl (C=O) groups is 2. The lowest BCUT2D eigenvalue weighted by atomic mass is 10.2. The molecule has 8 heteroatoms. The maximum absolute atomic E-state index is 12.4. The second-order valence-electron chi connectivity index (χ2n) is 6.19. The van der Waals surface area contributed by atoms with Gasteiger partial charge in [0.05, 0.1) is 10.5 Å². The fraction of sp³-hybridized carbons (Fsp3) is 0.889. The van der Waals surface area contributed by atoms with E-state index < -0.39 is 0 Å². The van der Waals surface area contributed by atoms with E-state index in [0.29, 0.717) is 38.8 Å². The van der Waals surface area contributed by atoms with Crippen LogP contribution in [0.1, 0.15) is 65.2 Å². The first-order valence-electron chi connectivity index (χ1n) is 9.69. The average Bonchev–Trinajstić information content (AvgIpc) is 2.65. The molecule has 0 saturated carbocycles. The molecule has 154 valence electrons. The van der Waals surface area contributed by atoms with Gasteiger partial charge in [-0.05, 0) is 51.4 Å². The summed E-state index contributed by atoms with van der Waals surface area (Å²) >= 11 is 0. The lowest BCUT2D eigenvalue weighted by molar-refractivity contribution is -0.121. The Kier molecular flexibility index (Phi) is 17.6. The first-order valence-corrected chi connectivity index (χ1v) is 12.0. The third-order valence-corrected chi connectivity index (χ3v) is 6.92. The Balaban J connectivity index is 4.69. The molecule has 0 aliphatic carbocycles. The van der Waals surface area contributed by atoms with Crippen LogP contribution < -0.4 is 10.6 Å². The van der Waals surface area contributed by atoms with Crippen molar-refractivity contribution in [2.75, 3.05) is 26.3 Å². The zero-order valence-electron chi connectivity index (χ0n) is 16.2. The highest BCUT2D eigenvalue weighted by Gasteiger charge is 2.24. The molecule has 0 radical (unpaired) electrons. The Hall–Kier alpha value is -0.440. The third kappa shape index (κ3) is 12.8. The molecular weight excluding hydrogens is 372 g/mol. The van der Waals surface area contributed by atoms with Crippen molar-refractivity contribution in [3.63, 3.8) is 0 Å². The topological polar surface area (TPSA) is 98.7 Å². The van der Waals surface area contributed by atoms with Crippen LogP contribution in [0.4, 0.5) is 0 Å². The van der Waals surface area contributed by atoms with Gasteiger partial charge in [-0.25, -0.2) is 0 Å². The SMILES string of the molecule is CCCNC(=O)C(CCCCO)SSC(CCCCO)C(=O)NCCC. The highest BCUT2D eigenvalue weighted by molar-refractivity contribution is 8.77. The zero-order valence-corrected chi connectivity index (χ0v) is 17.8. The summed E-state index contributed by atoms with van der Waals surface area (Å²) in [6, 6.07) is 0. The Bertz CT molecular complexity index is 339. The number of unbranched alkanes of at least 4 members (excludes halogenated alkanes) is 2. The molecule has 0 fully saturated rings. The van der Waals surface area contributed by atoms with Gasteiger partial charge in [-0.15, -0.1) is 0 Å². The second kappa shape index (κ2) is 17.9. The number of aliphatic hydroxyl groups is 2. The van der Waals surface area contributed by atoms with E-state index in [4.69, 9.17) is 10.2 Å². The highest BCUT2D eigenvalue weighted by atomic mass is 33.1. The summed E-state index contributed by atoms with van der Waals surface area (Å²) in [5.74, 6) is 0.00993. The van der Waals surface area contributed by atoms with Gasteiger partial charge in [0, 0.05) is 26.3 Å². The van der Waals surface area contributed by atoms with Gasteiger partial charge in [0.1, 0.15) is 0 Å². The molecule has 0 heterocycles. The summed E-state index contributed by atoms with van der Waals surface area (Å²) in [5.41, 5.74) is 0. The van der Waals surface area contributed by atoms with Crippen molar-refractivity contribution in [3.8, 4) is 0 Å². The molecule has 0 spiro atoms. The molecule has 0 aromatic carbocycles. The van der Waals surface area contributed by atoms with Gasteiger partial charge < -0.3 is 20.8 Å². The average molecular weight is 409 g/mol. The van der Waals surface area contributed by atoms with Gasteiger partial charge in [0.2, 0.25) is 11.8 Å². The smallest absolute Gasteiger partial charge is 0.234 e. The van der Waals surface area contributed by atoms with E-state index in [1.807, 2.05) is 13.8 Å². The van der Waals surface area contributed by atoms with Crippen LogP contribution in [0.5, 0.6) is 0 Å². The van der Waals surface area contributed by atoms with Crippen molar-refractivity contribution in [1.29, 1.82) is 0 Å². The van der Waals surface area contributed by atoms with Crippen LogP contribution in [-0.2, 0) is 9.59 Å². The summed E-state index contributed by atoms with van der Waals surface area (Å²) in [5, 5.41) is 23.3. The summed E-state index contributed by atoms with van der Waals surface area (Å²) in [6.45, 7) is 5.58. The standard InChI is InChI=1S/C18H36N2O4S2/c1-3-11-19-17(23)15(9-5-7-13-21)25-26-16(10-6-8-14-22)18(24)20-12-4-2/h15-16,21-22H,3-14H2,1-2H3,(H,19,23)(H,20,24). The second-order valence-corrected chi connectivity index (χ2v) is 8.87. The van der Waals surface area contributed by atoms with E-state index in [0.717, 1.165) is 25.7 Å². The molecule has 0 aliphatic heterocycles. The van der Waals surface area contributed by atoms with E-state index in [1.165, 1.54) is 21.6 Å². The van der Waals surface area contributed by atoms with Gasteiger partial charge in [-0.1, -0.05) is 35.4 Å². The maximum atomic E-state index is 12.4. The quantitative estimate of drug-likeness (QED) is 0.218. The minimum Gasteiger partial charge on any atom is -0.396 e. The number of rotatable bonds is 17. The molecular formula is C18H36N2O4S2. The molecule has 0 aliphatic rings. The molecule has 6 nitrogen and oxygen atoms in total. The van der Waals surface area contributed by atoms with E-state index in [9.17, 15) is 9.59 Å². The number of carbonyl (C=O) groups excluding carboxylic acids is 2. The minimum atomic E-state index is -0.225. The van der Waals surface area contributed by atoms with Crippen molar-refractivity contribution in [2.24, 2.45) is 0 Å². The van der Waals surface area contributed by atoms with Gasteiger partial charge in [0.25, 0.3) is 0 Å². The molecule has 26 heavy (non-hydrogen) atoms. The Morgan fingerprint density at radius 3 is 1.46 bits per heavy atom. The monoisotopic (exact) mass is 408 g/mol. The largest absolute Gasteiger partial charge is 0.396 e. The molecule has 0 rings (SSSR count). The van der Waals surface area contributed by atoms with Crippen molar-refractivity contribution in [2.45, 2.75) is 75.7 Å². The summed E-state index contributed by atoms with van der Waals surface area (Å²) in [7, 11) is 2.92. The molecule has 0 aromatic heterocycles. The van der Waals surface area contributed by atoms with Gasteiger partial charge in [-0.2, -0.15) is 0 Å². The summed E-state index contributed by atoms with van der Waals surface area (Å²) in [6.07, 6.45) is 6.07. The van der Waals surface area contributed by atoms with Crippen LogP contribution in [0.15, 0.2) is 0 Å². The molecule has 0 aromatic rings. The molecule has 4 N–H and O–H groups in total. The molecule has 2 amide bonds. The van der Waals surface area contributed by atoms with Gasteiger partial charge in [-0.3, -0.25) is 9.59 Å². The van der Waals surface area contributed by atoms with Crippen molar-refractivity contribution in [3.05, 3.63) is 0 Å². The molecule has 2 atom stereocenters. The van der Waals surface area contributed by atoms with Crippen molar-refractivity contribution >= 4 is 33.4 Å². The lowest BCUT2D eigenvalue weighted by Gasteiger charge is -2.20. The fourth-order valence-electron chi connectivity index (χ4n) is 2.19. The van der Waals surface area contributed by atoms with Crippen LogP contribution >= 0.6 is 21.6 Å². The van der Waals surface area contributed by atoms with Crippen LogP contribution in [0.3, 0.4) is 0 Å². The van der Waals surface area contributed by atoms with Crippen molar-refractivity contribution < 1.29 is 19.8 Å². The number of hydrogen-bond acceptors (Lipinski definition) is 6. The fourth-order valence-corrected chi connectivity index (χ4v) is 5.23. The number of aliphatic hydroxyl groups excluding tert-OH is 2. The summed E-state index contributed by atoms with van der Waals surface area (Å²) in [4.78, 5) is 24.7. The predicted molar refractivity (Wildman–Crippen MR) is 111 cm³/mol. The number of amides is 2. The van der Waals surface area contributed by atoms with Crippen LogP contribution in [0, 0.1) is 0 Å². The first kappa shape index (κ1) is 25.6. The molecule has 2 unspecified atom stereocenters. The Labute approximate surface area is 166 Å². The predicted octanol–water partition coefficient (Wildman–Crippen LogP) is 2.48. The maximum Gasteiger partial charge on any atom is 0.234 e. The van der Waals surface area contributed by atoms with Crippen LogP contribution in [0.2, 0.25) is 0 Å².